The number of benzene rings is 1. The van der Waals surface area contributed by atoms with Gasteiger partial charge in [-0.2, -0.15) is 0 Å². The second-order valence-corrected chi connectivity index (χ2v) is 7.10. The molecule has 0 amide bonds. The number of rotatable bonds is 9. The maximum atomic E-state index is 4.32. The van der Waals surface area contributed by atoms with Gasteiger partial charge in [-0.05, 0) is 64.1 Å². The molecule has 1 unspecified atom stereocenters. The number of halogens is 1. The monoisotopic (exact) mass is 472 g/mol. The van der Waals surface area contributed by atoms with E-state index in [9.17, 15) is 0 Å². The lowest BCUT2D eigenvalue weighted by molar-refractivity contribution is 0.158. The highest BCUT2D eigenvalue weighted by Crippen LogP contribution is 2.16. The normalized spacial score (nSPS) is 18.2. The van der Waals surface area contributed by atoms with E-state index in [2.05, 4.69) is 57.8 Å². The summed E-state index contributed by atoms with van der Waals surface area (Å²) in [4.78, 5) is 6.97. The van der Waals surface area contributed by atoms with Crippen LogP contribution in [0.4, 0.5) is 0 Å². The lowest BCUT2D eigenvalue weighted by Gasteiger charge is -2.33. The molecule has 1 aromatic rings. The number of hydrogen-bond acceptors (Lipinski definition) is 2. The maximum absolute atomic E-state index is 4.32. The first-order valence-corrected chi connectivity index (χ1v) is 10.0. The summed E-state index contributed by atoms with van der Waals surface area (Å²) in [7, 11) is 1.85. The number of guanidine groups is 1. The average Bonchev–Trinajstić information content (AvgIpc) is 2.65. The number of aryl methyl sites for hydroxylation is 1. The Bertz CT molecular complexity index is 492. The van der Waals surface area contributed by atoms with Gasteiger partial charge < -0.3 is 15.5 Å². The topological polar surface area (TPSA) is 39.7 Å². The van der Waals surface area contributed by atoms with Crippen molar-refractivity contribution in [2.24, 2.45) is 4.99 Å². The van der Waals surface area contributed by atoms with Gasteiger partial charge in [-0.15, -0.1) is 24.0 Å². The zero-order valence-electron chi connectivity index (χ0n) is 16.5. The minimum atomic E-state index is 0. The predicted molar refractivity (Wildman–Crippen MR) is 124 cm³/mol. The standard InChI is InChI=1S/C21H36N4.HI/c1-19-11-6-8-17-25(19)18-9-7-15-23-21(22-2)24-16-10-14-20-12-4-3-5-13-20;/h3-5,12-13,19H,6-11,14-18H2,1-2H3,(H2,22,23,24);1H. The molecule has 0 bridgehead atoms. The van der Waals surface area contributed by atoms with Gasteiger partial charge >= 0.3 is 0 Å². The van der Waals surface area contributed by atoms with Crippen LogP contribution in [-0.4, -0.2) is 50.1 Å². The van der Waals surface area contributed by atoms with E-state index in [4.69, 9.17) is 0 Å². The van der Waals surface area contributed by atoms with Crippen LogP contribution in [0, 0.1) is 0 Å². The molecule has 1 atom stereocenters. The molecule has 1 fully saturated rings. The first kappa shape index (κ1) is 23.2. The molecule has 1 aromatic carbocycles. The molecule has 5 heteroatoms. The van der Waals surface area contributed by atoms with Crippen molar-refractivity contribution >= 4 is 29.9 Å². The van der Waals surface area contributed by atoms with Crippen molar-refractivity contribution in [2.75, 3.05) is 33.2 Å². The van der Waals surface area contributed by atoms with Crippen LogP contribution < -0.4 is 10.6 Å². The Kier molecular flexibility index (Phi) is 12.7. The number of hydrogen-bond donors (Lipinski definition) is 2. The molecule has 0 aliphatic carbocycles. The Hall–Kier alpha value is -0.820. The molecule has 0 radical (unpaired) electrons. The Balaban J connectivity index is 0.00000338. The zero-order valence-corrected chi connectivity index (χ0v) is 18.9. The van der Waals surface area contributed by atoms with Crippen molar-refractivity contribution in [3.63, 3.8) is 0 Å². The third-order valence-corrected chi connectivity index (χ3v) is 5.11. The molecule has 0 saturated carbocycles. The molecule has 1 saturated heterocycles. The Morgan fingerprint density at radius 2 is 1.81 bits per heavy atom. The molecular weight excluding hydrogens is 435 g/mol. The molecule has 0 aromatic heterocycles. The van der Waals surface area contributed by atoms with E-state index in [0.717, 1.165) is 37.9 Å². The van der Waals surface area contributed by atoms with Gasteiger partial charge in [0.05, 0.1) is 0 Å². The molecule has 0 spiro atoms. The fourth-order valence-electron chi connectivity index (χ4n) is 3.50. The van der Waals surface area contributed by atoms with Gasteiger partial charge in [-0.3, -0.25) is 4.99 Å². The van der Waals surface area contributed by atoms with Gasteiger partial charge in [0, 0.05) is 26.2 Å². The van der Waals surface area contributed by atoms with E-state index < -0.39 is 0 Å². The summed E-state index contributed by atoms with van der Waals surface area (Å²) in [5.41, 5.74) is 1.40. The van der Waals surface area contributed by atoms with Gasteiger partial charge in [0.1, 0.15) is 0 Å². The van der Waals surface area contributed by atoms with Gasteiger partial charge in [-0.25, -0.2) is 0 Å². The van der Waals surface area contributed by atoms with E-state index in [0.29, 0.717) is 0 Å². The number of piperidine rings is 1. The lowest BCUT2D eigenvalue weighted by Crippen LogP contribution is -2.39. The minimum Gasteiger partial charge on any atom is -0.356 e. The van der Waals surface area contributed by atoms with E-state index in [1.165, 1.54) is 50.8 Å². The molecule has 1 aliphatic heterocycles. The SMILES string of the molecule is CN=C(NCCCCN1CCCCC1C)NCCCc1ccccc1.I. The van der Waals surface area contributed by atoms with E-state index >= 15 is 0 Å². The lowest BCUT2D eigenvalue weighted by atomic mass is 10.0. The van der Waals surface area contributed by atoms with Gasteiger partial charge in [-0.1, -0.05) is 36.8 Å². The molecular formula is C21H37IN4. The Morgan fingerprint density at radius 1 is 1.08 bits per heavy atom. The summed E-state index contributed by atoms with van der Waals surface area (Å²) >= 11 is 0. The average molecular weight is 472 g/mol. The quantitative estimate of drug-likeness (QED) is 0.247. The van der Waals surface area contributed by atoms with E-state index in [1.54, 1.807) is 0 Å². The summed E-state index contributed by atoms with van der Waals surface area (Å²) in [6.07, 6.45) is 8.86. The van der Waals surface area contributed by atoms with Gasteiger partial charge in [0.15, 0.2) is 5.96 Å². The fourth-order valence-corrected chi connectivity index (χ4v) is 3.50. The van der Waals surface area contributed by atoms with Crippen LogP contribution in [0.2, 0.25) is 0 Å². The molecule has 26 heavy (non-hydrogen) atoms. The van der Waals surface area contributed by atoms with Crippen molar-refractivity contribution in [3.8, 4) is 0 Å². The summed E-state index contributed by atoms with van der Waals surface area (Å²) in [5, 5.41) is 6.85. The van der Waals surface area contributed by atoms with E-state index in [1.807, 2.05) is 7.05 Å². The third-order valence-electron chi connectivity index (χ3n) is 5.11. The second kappa shape index (κ2) is 14.3. The predicted octanol–water partition coefficient (Wildman–Crippen LogP) is 4.06. The first-order chi connectivity index (χ1) is 12.3. The van der Waals surface area contributed by atoms with Crippen LogP contribution in [-0.2, 0) is 6.42 Å². The second-order valence-electron chi connectivity index (χ2n) is 7.10. The van der Waals surface area contributed by atoms with E-state index in [-0.39, 0.29) is 24.0 Å². The van der Waals surface area contributed by atoms with Crippen LogP contribution in [0.15, 0.2) is 35.3 Å². The number of unbranched alkanes of at least 4 members (excludes halogenated alkanes) is 1. The van der Waals surface area contributed by atoms with Crippen molar-refractivity contribution in [2.45, 2.75) is 57.9 Å². The van der Waals surface area contributed by atoms with Gasteiger partial charge in [0.2, 0.25) is 0 Å². The fraction of sp³-hybridized carbons (Fsp3) is 0.667. The highest BCUT2D eigenvalue weighted by atomic mass is 127. The van der Waals surface area contributed by atoms with Crippen LogP contribution in [0.3, 0.4) is 0 Å². The molecule has 2 rings (SSSR count). The summed E-state index contributed by atoms with van der Waals surface area (Å²) in [6.45, 7) is 6.87. The van der Waals surface area contributed by atoms with Crippen LogP contribution in [0.25, 0.3) is 0 Å². The van der Waals surface area contributed by atoms with Gasteiger partial charge in [0.25, 0.3) is 0 Å². The minimum absolute atomic E-state index is 0. The smallest absolute Gasteiger partial charge is 0.190 e. The Morgan fingerprint density at radius 3 is 2.50 bits per heavy atom. The number of nitrogens with zero attached hydrogens (tertiary/aromatic N) is 2. The molecule has 148 valence electrons. The van der Waals surface area contributed by atoms with Crippen LogP contribution in [0.1, 0.15) is 51.0 Å². The van der Waals surface area contributed by atoms with Crippen molar-refractivity contribution in [3.05, 3.63) is 35.9 Å². The molecule has 1 heterocycles. The van der Waals surface area contributed by atoms with Crippen LogP contribution in [0.5, 0.6) is 0 Å². The molecule has 1 aliphatic rings. The van der Waals surface area contributed by atoms with Crippen molar-refractivity contribution in [1.29, 1.82) is 0 Å². The Labute approximate surface area is 177 Å². The highest BCUT2D eigenvalue weighted by molar-refractivity contribution is 14.0. The van der Waals surface area contributed by atoms with Crippen LogP contribution >= 0.6 is 24.0 Å². The largest absolute Gasteiger partial charge is 0.356 e. The third kappa shape index (κ3) is 9.21. The summed E-state index contributed by atoms with van der Waals surface area (Å²) in [6, 6.07) is 11.4. The van der Waals surface area contributed by atoms with Crippen molar-refractivity contribution in [1.82, 2.24) is 15.5 Å². The number of nitrogens with one attached hydrogen (secondary N) is 2. The maximum Gasteiger partial charge on any atom is 0.190 e. The molecule has 4 nitrogen and oxygen atoms in total. The number of aliphatic imine (C=N–C) groups is 1. The van der Waals surface area contributed by atoms with Crippen molar-refractivity contribution < 1.29 is 0 Å². The zero-order chi connectivity index (χ0) is 17.7. The highest BCUT2D eigenvalue weighted by Gasteiger charge is 2.16. The molecule has 2 N–H and O–H groups in total. The summed E-state index contributed by atoms with van der Waals surface area (Å²) < 4.78 is 0. The number of likely N-dealkylation sites (tertiary alicyclic amines) is 1. The first-order valence-electron chi connectivity index (χ1n) is 10.0. The summed E-state index contributed by atoms with van der Waals surface area (Å²) in [5.74, 6) is 0.930.